The number of rotatable bonds is 8. The molecule has 0 bridgehead atoms. The lowest BCUT2D eigenvalue weighted by Gasteiger charge is -2.38. The Morgan fingerprint density at radius 2 is 2.06 bits per heavy atom. The maximum absolute atomic E-state index is 12.9. The van der Waals surface area contributed by atoms with Crippen LogP contribution in [0.2, 0.25) is 0 Å². The highest BCUT2D eigenvalue weighted by Crippen LogP contribution is 2.31. The molecule has 0 aromatic carbocycles. The molecule has 0 amide bonds. The van der Waals surface area contributed by atoms with Gasteiger partial charge in [-0.15, -0.1) is 0 Å². The van der Waals surface area contributed by atoms with Crippen LogP contribution >= 0.6 is 0 Å². The second-order valence-electron chi connectivity index (χ2n) is 7.54. The van der Waals surface area contributed by atoms with Crippen LogP contribution in [0.3, 0.4) is 0 Å². The Morgan fingerprint density at radius 1 is 1.28 bits per heavy atom. The van der Waals surface area contributed by atoms with E-state index in [-0.39, 0.29) is 35.8 Å². The van der Waals surface area contributed by atoms with Crippen molar-refractivity contribution in [2.75, 3.05) is 29.9 Å². The molecule has 3 rings (SSSR count). The van der Waals surface area contributed by atoms with Crippen LogP contribution in [-0.2, 0) is 6.18 Å². The molecule has 0 radical (unpaired) electrons. The maximum atomic E-state index is 12.9. The van der Waals surface area contributed by atoms with Gasteiger partial charge >= 0.3 is 6.18 Å². The van der Waals surface area contributed by atoms with Gasteiger partial charge in [0.25, 0.3) is 6.43 Å². The molecule has 2 aromatic rings. The fraction of sp³-hybridized carbons (Fsp3) is 0.500. The normalized spacial score (nSPS) is 19.2. The smallest absolute Gasteiger partial charge is 0.418 e. The van der Waals surface area contributed by atoms with Crippen molar-refractivity contribution in [1.82, 2.24) is 15.0 Å². The molecule has 1 aliphatic rings. The quantitative estimate of drug-likeness (QED) is 0.454. The number of ether oxygens (including phenoxy) is 1. The highest BCUT2D eigenvalue weighted by Gasteiger charge is 2.32. The fourth-order valence-electron chi connectivity index (χ4n) is 3.44. The number of aromatic nitrogens is 3. The topological polar surface area (TPSA) is 87.0 Å². The number of piperidine rings is 1. The van der Waals surface area contributed by atoms with Crippen molar-refractivity contribution >= 4 is 17.9 Å². The average molecular weight is 458 g/mol. The molecule has 2 atom stereocenters. The molecule has 174 valence electrons. The van der Waals surface area contributed by atoms with E-state index in [4.69, 9.17) is 10.1 Å². The summed E-state index contributed by atoms with van der Waals surface area (Å²) in [5.41, 5.74) is -0.727. The summed E-state index contributed by atoms with van der Waals surface area (Å²) in [7, 11) is 0. The number of hydrogen-bond donors (Lipinski definition) is 2. The lowest BCUT2D eigenvalue weighted by molar-refractivity contribution is -0.138. The summed E-state index contributed by atoms with van der Waals surface area (Å²) in [6.45, 7) is 2.07. The predicted octanol–water partition coefficient (Wildman–Crippen LogP) is 4.25. The molecule has 12 heteroatoms. The zero-order valence-corrected chi connectivity index (χ0v) is 17.2. The van der Waals surface area contributed by atoms with E-state index in [1.54, 1.807) is 0 Å². The first-order chi connectivity index (χ1) is 15.2. The zero-order chi connectivity index (χ0) is 23.3. The Morgan fingerprint density at radius 3 is 2.75 bits per heavy atom. The lowest BCUT2D eigenvalue weighted by Crippen LogP contribution is -2.44. The summed E-state index contributed by atoms with van der Waals surface area (Å²) in [6, 6.07) is 1.00. The van der Waals surface area contributed by atoms with Crippen molar-refractivity contribution in [2.24, 2.45) is 5.92 Å². The fourth-order valence-corrected chi connectivity index (χ4v) is 3.44. The van der Waals surface area contributed by atoms with Gasteiger partial charge in [0.15, 0.2) is 5.82 Å². The van der Waals surface area contributed by atoms with E-state index in [1.807, 2.05) is 11.8 Å². The van der Waals surface area contributed by atoms with Crippen molar-refractivity contribution < 1.29 is 26.7 Å². The molecule has 1 saturated heterocycles. The molecule has 2 N–H and O–H groups in total. The number of halogens is 5. The third-order valence-electron chi connectivity index (χ3n) is 5.15. The van der Waals surface area contributed by atoms with E-state index in [1.165, 1.54) is 12.4 Å². The number of nitrogens with one attached hydrogen (secondary N) is 2. The Balaban J connectivity index is 1.69. The van der Waals surface area contributed by atoms with Crippen molar-refractivity contribution in [3.05, 3.63) is 35.9 Å². The van der Waals surface area contributed by atoms with Crippen molar-refractivity contribution in [1.29, 1.82) is 5.41 Å². The second kappa shape index (κ2) is 10.0. The Bertz CT molecular complexity index is 926. The maximum Gasteiger partial charge on any atom is 0.418 e. The minimum Gasteiger partial charge on any atom is -0.492 e. The molecule has 3 heterocycles. The highest BCUT2D eigenvalue weighted by molar-refractivity contribution is 5.81. The Hall–Kier alpha value is -3.05. The molecule has 7 nitrogen and oxygen atoms in total. The second-order valence-corrected chi connectivity index (χ2v) is 7.54. The first-order valence-corrected chi connectivity index (χ1v) is 9.98. The van der Waals surface area contributed by atoms with Crippen LogP contribution < -0.4 is 15.0 Å². The van der Waals surface area contributed by atoms with Crippen LogP contribution in [0.15, 0.2) is 24.7 Å². The molecular formula is C20H23F5N6O. The van der Waals surface area contributed by atoms with Crippen LogP contribution in [0.5, 0.6) is 5.75 Å². The SMILES string of the molecule is C[C@@H]1CC[C@H](COc2cncc(C(F)(F)F)c2)CN1c1cnc(C=N)c(NCC(F)F)n1. The van der Waals surface area contributed by atoms with Gasteiger partial charge in [0, 0.05) is 30.9 Å². The van der Waals surface area contributed by atoms with Gasteiger partial charge in [-0.1, -0.05) is 0 Å². The van der Waals surface area contributed by atoms with Gasteiger partial charge in [-0.3, -0.25) is 4.98 Å². The average Bonchev–Trinajstić information content (AvgIpc) is 2.76. The van der Waals surface area contributed by atoms with Gasteiger partial charge in [0.1, 0.15) is 17.3 Å². The Kier molecular flexibility index (Phi) is 7.41. The molecular weight excluding hydrogens is 435 g/mol. The predicted molar refractivity (Wildman–Crippen MR) is 109 cm³/mol. The molecule has 2 aromatic heterocycles. The van der Waals surface area contributed by atoms with Crippen LogP contribution in [0.1, 0.15) is 31.0 Å². The number of alkyl halides is 5. The van der Waals surface area contributed by atoms with Gasteiger partial charge in [-0.2, -0.15) is 13.2 Å². The van der Waals surface area contributed by atoms with Gasteiger partial charge in [0.2, 0.25) is 0 Å². The summed E-state index contributed by atoms with van der Waals surface area (Å²) in [5, 5.41) is 9.89. The summed E-state index contributed by atoms with van der Waals surface area (Å²) < 4.78 is 69.3. The molecule has 1 fully saturated rings. The molecule has 1 aliphatic heterocycles. The first-order valence-electron chi connectivity index (χ1n) is 9.98. The molecule has 0 aliphatic carbocycles. The van der Waals surface area contributed by atoms with Crippen molar-refractivity contribution in [3.8, 4) is 5.75 Å². The van der Waals surface area contributed by atoms with Gasteiger partial charge in [-0.25, -0.2) is 18.7 Å². The van der Waals surface area contributed by atoms with E-state index in [0.29, 0.717) is 12.4 Å². The van der Waals surface area contributed by atoms with E-state index in [0.717, 1.165) is 31.3 Å². The molecule has 0 spiro atoms. The highest BCUT2D eigenvalue weighted by atomic mass is 19.4. The molecule has 32 heavy (non-hydrogen) atoms. The lowest BCUT2D eigenvalue weighted by atomic mass is 9.94. The largest absolute Gasteiger partial charge is 0.492 e. The van der Waals surface area contributed by atoms with Crippen LogP contribution in [-0.4, -0.2) is 53.3 Å². The zero-order valence-electron chi connectivity index (χ0n) is 17.2. The number of anilines is 2. The van der Waals surface area contributed by atoms with E-state index >= 15 is 0 Å². The number of hydrogen-bond acceptors (Lipinski definition) is 7. The number of pyridine rings is 1. The Labute approximate surface area is 181 Å². The summed E-state index contributed by atoms with van der Waals surface area (Å²) in [4.78, 5) is 14.1. The summed E-state index contributed by atoms with van der Waals surface area (Å²) in [5.74, 6) is 0.602. The van der Waals surface area contributed by atoms with Crippen LogP contribution in [0, 0.1) is 11.3 Å². The standard InChI is InChI=1S/C20H23F5N6O/c1-12-2-3-13(11-32-15-4-14(6-27-7-15)20(23,24)25)10-31(12)18-9-28-16(5-26)19(30-18)29-8-17(21)22/h4-7,9,12-13,17,26H,2-3,8,10-11H2,1H3,(H,29,30)/t12-,13+/m1/s1. The van der Waals surface area contributed by atoms with E-state index in [2.05, 4.69) is 20.3 Å². The van der Waals surface area contributed by atoms with Crippen LogP contribution in [0.25, 0.3) is 0 Å². The molecule has 0 saturated carbocycles. The molecule has 0 unspecified atom stereocenters. The first kappa shape index (κ1) is 23.6. The van der Waals surface area contributed by atoms with E-state index < -0.39 is 24.7 Å². The van der Waals surface area contributed by atoms with E-state index in [9.17, 15) is 22.0 Å². The van der Waals surface area contributed by atoms with Crippen molar-refractivity contribution in [2.45, 2.75) is 38.4 Å². The monoisotopic (exact) mass is 458 g/mol. The third kappa shape index (κ3) is 6.01. The van der Waals surface area contributed by atoms with Crippen molar-refractivity contribution in [3.63, 3.8) is 0 Å². The van der Waals surface area contributed by atoms with Gasteiger partial charge in [-0.05, 0) is 25.8 Å². The number of nitrogens with zero attached hydrogens (tertiary/aromatic N) is 4. The summed E-state index contributed by atoms with van der Waals surface area (Å²) in [6.07, 6.45) is -1.11. The van der Waals surface area contributed by atoms with Gasteiger partial charge < -0.3 is 20.4 Å². The van der Waals surface area contributed by atoms with Gasteiger partial charge in [0.05, 0.1) is 31.1 Å². The summed E-state index contributed by atoms with van der Waals surface area (Å²) >= 11 is 0. The van der Waals surface area contributed by atoms with Crippen LogP contribution in [0.4, 0.5) is 33.6 Å². The minimum atomic E-state index is -4.50. The third-order valence-corrected chi connectivity index (χ3v) is 5.15. The minimum absolute atomic E-state index is 0.00225.